The van der Waals surface area contributed by atoms with Gasteiger partial charge in [-0.3, -0.25) is 4.79 Å². The molecule has 0 atom stereocenters. The summed E-state index contributed by atoms with van der Waals surface area (Å²) in [5, 5.41) is 16.4. The van der Waals surface area contributed by atoms with Crippen molar-refractivity contribution in [2.24, 2.45) is 0 Å². The van der Waals surface area contributed by atoms with Crippen molar-refractivity contribution in [2.75, 3.05) is 6.61 Å². The van der Waals surface area contributed by atoms with E-state index in [-0.39, 0.29) is 18.8 Å². The van der Waals surface area contributed by atoms with Crippen LogP contribution in [0.15, 0.2) is 18.2 Å². The van der Waals surface area contributed by atoms with Crippen LogP contribution in [0, 0.1) is 5.82 Å². The number of aliphatic hydroxyl groups is 1. The Morgan fingerprint density at radius 1 is 1.44 bits per heavy atom. The lowest BCUT2D eigenvalue weighted by atomic mass is 10.1. The van der Waals surface area contributed by atoms with Crippen LogP contribution in [0.5, 0.6) is 0 Å². The third kappa shape index (κ3) is 4.84. The minimum absolute atomic E-state index is 0.0136. The third-order valence-electron chi connectivity index (χ3n) is 2.81. The van der Waals surface area contributed by atoms with E-state index in [2.05, 4.69) is 0 Å². The Labute approximate surface area is 106 Å². The normalized spacial score (nSPS) is 13.7. The van der Waals surface area contributed by atoms with Crippen LogP contribution in [0.25, 0.3) is 0 Å². The fourth-order valence-electron chi connectivity index (χ4n) is 1.56. The van der Waals surface area contributed by atoms with Gasteiger partial charge in [-0.2, -0.15) is 0 Å². The predicted octanol–water partition coefficient (Wildman–Crippen LogP) is 2.72. The number of benzene rings is 1. The summed E-state index contributed by atoms with van der Waals surface area (Å²) in [6, 6.07) is 5.38. The molecule has 0 heterocycles. The zero-order valence-corrected chi connectivity index (χ0v) is 10.5. The van der Waals surface area contributed by atoms with Crippen LogP contribution in [0.3, 0.4) is 0 Å². The second-order valence-electron chi connectivity index (χ2n) is 4.35. The first-order chi connectivity index (χ1) is 8.58. The van der Waals surface area contributed by atoms with Gasteiger partial charge in [0, 0.05) is 13.0 Å². The quantitative estimate of drug-likeness (QED) is 0.868. The van der Waals surface area contributed by atoms with E-state index in [9.17, 15) is 9.18 Å². The highest BCUT2D eigenvalue weighted by Crippen LogP contribution is 2.40. The van der Waals surface area contributed by atoms with Gasteiger partial charge in [0.05, 0.1) is 0 Å². The minimum Gasteiger partial charge on any atom is -0.481 e. The molecular formula is C14H19FO3. The van der Waals surface area contributed by atoms with Crippen LogP contribution in [0.2, 0.25) is 0 Å². The van der Waals surface area contributed by atoms with Crippen molar-refractivity contribution >= 4 is 5.97 Å². The van der Waals surface area contributed by atoms with Crippen molar-refractivity contribution in [2.45, 2.75) is 38.5 Å². The van der Waals surface area contributed by atoms with E-state index < -0.39 is 5.97 Å². The van der Waals surface area contributed by atoms with Crippen molar-refractivity contribution in [3.8, 4) is 0 Å². The Morgan fingerprint density at radius 3 is 2.44 bits per heavy atom. The van der Waals surface area contributed by atoms with Crippen molar-refractivity contribution < 1.29 is 19.4 Å². The number of carbonyl (C=O) groups is 1. The van der Waals surface area contributed by atoms with Gasteiger partial charge in [0.25, 0.3) is 0 Å². The average molecular weight is 254 g/mol. The van der Waals surface area contributed by atoms with E-state index in [0.29, 0.717) is 17.9 Å². The minimum atomic E-state index is -0.745. The molecule has 0 unspecified atom stereocenters. The van der Waals surface area contributed by atoms with Gasteiger partial charge in [0.2, 0.25) is 0 Å². The molecule has 1 aliphatic carbocycles. The summed E-state index contributed by atoms with van der Waals surface area (Å²) in [5.74, 6) is -0.318. The molecule has 1 fully saturated rings. The van der Waals surface area contributed by atoms with Crippen LogP contribution < -0.4 is 0 Å². The monoisotopic (exact) mass is 254 g/mol. The SMILES string of the molecule is CCC(=O)O.OCCc1ccc(C2CC2)cc1F. The van der Waals surface area contributed by atoms with Crippen LogP contribution >= 0.6 is 0 Å². The Kier molecular flexibility index (Phi) is 5.78. The molecule has 3 nitrogen and oxygen atoms in total. The lowest BCUT2D eigenvalue weighted by Crippen LogP contribution is -1.95. The molecule has 1 aliphatic rings. The Balaban J connectivity index is 0.000000280. The first kappa shape index (κ1) is 14.6. The van der Waals surface area contributed by atoms with Gasteiger partial charge in [-0.25, -0.2) is 4.39 Å². The van der Waals surface area contributed by atoms with Crippen molar-refractivity contribution in [1.29, 1.82) is 0 Å². The molecular weight excluding hydrogens is 235 g/mol. The number of aliphatic hydroxyl groups excluding tert-OH is 1. The van der Waals surface area contributed by atoms with E-state index in [1.807, 2.05) is 6.07 Å². The molecule has 1 saturated carbocycles. The number of hydrogen-bond acceptors (Lipinski definition) is 2. The van der Waals surface area contributed by atoms with Crippen LogP contribution in [-0.4, -0.2) is 22.8 Å². The zero-order chi connectivity index (χ0) is 13.5. The van der Waals surface area contributed by atoms with Crippen LogP contribution in [0.4, 0.5) is 4.39 Å². The molecule has 4 heteroatoms. The molecule has 18 heavy (non-hydrogen) atoms. The first-order valence-corrected chi connectivity index (χ1v) is 6.19. The van der Waals surface area contributed by atoms with Gasteiger partial charge in [0.1, 0.15) is 5.82 Å². The molecule has 2 rings (SSSR count). The van der Waals surface area contributed by atoms with Crippen molar-refractivity contribution in [3.63, 3.8) is 0 Å². The van der Waals surface area contributed by atoms with E-state index in [1.54, 1.807) is 19.1 Å². The lowest BCUT2D eigenvalue weighted by molar-refractivity contribution is -0.136. The second-order valence-corrected chi connectivity index (χ2v) is 4.35. The fourth-order valence-corrected chi connectivity index (χ4v) is 1.56. The maximum absolute atomic E-state index is 13.3. The number of hydrogen-bond donors (Lipinski definition) is 2. The predicted molar refractivity (Wildman–Crippen MR) is 67.1 cm³/mol. The van der Waals surface area contributed by atoms with Crippen molar-refractivity contribution in [1.82, 2.24) is 0 Å². The Bertz CT molecular complexity index is 400. The van der Waals surface area contributed by atoms with Gasteiger partial charge in [0.15, 0.2) is 0 Å². The molecule has 2 N–H and O–H groups in total. The summed E-state index contributed by atoms with van der Waals surface area (Å²) in [6.07, 6.45) is 3.02. The summed E-state index contributed by atoms with van der Waals surface area (Å²) in [5.41, 5.74) is 1.73. The third-order valence-corrected chi connectivity index (χ3v) is 2.81. The largest absolute Gasteiger partial charge is 0.481 e. The first-order valence-electron chi connectivity index (χ1n) is 6.19. The number of aliphatic carboxylic acids is 1. The van der Waals surface area contributed by atoms with E-state index in [1.165, 1.54) is 12.8 Å². The molecule has 0 amide bonds. The topological polar surface area (TPSA) is 57.5 Å². The lowest BCUT2D eigenvalue weighted by Gasteiger charge is -2.03. The summed E-state index contributed by atoms with van der Waals surface area (Å²) >= 11 is 0. The molecule has 1 aromatic rings. The molecule has 0 spiro atoms. The van der Waals surface area contributed by atoms with Gasteiger partial charge < -0.3 is 10.2 Å². The summed E-state index contributed by atoms with van der Waals surface area (Å²) in [7, 11) is 0. The number of rotatable bonds is 4. The van der Waals surface area contributed by atoms with Gasteiger partial charge >= 0.3 is 5.97 Å². The van der Waals surface area contributed by atoms with E-state index >= 15 is 0 Å². The smallest absolute Gasteiger partial charge is 0.303 e. The summed E-state index contributed by atoms with van der Waals surface area (Å²) in [4.78, 5) is 9.37. The highest BCUT2D eigenvalue weighted by Gasteiger charge is 2.23. The number of carboxylic acid groups (broad SMARTS) is 1. The Hall–Kier alpha value is -1.42. The van der Waals surface area contributed by atoms with Crippen LogP contribution in [0.1, 0.15) is 43.2 Å². The molecule has 0 bridgehead atoms. The van der Waals surface area contributed by atoms with E-state index in [4.69, 9.17) is 10.2 Å². The fraction of sp³-hybridized carbons (Fsp3) is 0.500. The van der Waals surface area contributed by atoms with Crippen LogP contribution in [-0.2, 0) is 11.2 Å². The van der Waals surface area contributed by atoms with Gasteiger partial charge in [-0.15, -0.1) is 0 Å². The van der Waals surface area contributed by atoms with E-state index in [0.717, 1.165) is 5.56 Å². The molecule has 0 saturated heterocycles. The standard InChI is InChI=1S/C11H13FO.C3H6O2/c12-11-7-10(8-1-2-8)4-3-9(11)5-6-13;1-2-3(4)5/h3-4,7-8,13H,1-2,5-6H2;2H2,1H3,(H,4,5). The zero-order valence-electron chi connectivity index (χ0n) is 10.5. The highest BCUT2D eigenvalue weighted by atomic mass is 19.1. The second kappa shape index (κ2) is 7.11. The van der Waals surface area contributed by atoms with Crippen molar-refractivity contribution in [3.05, 3.63) is 35.1 Å². The summed E-state index contributed by atoms with van der Waals surface area (Å²) in [6.45, 7) is 1.61. The number of halogens is 1. The highest BCUT2D eigenvalue weighted by molar-refractivity contribution is 5.66. The maximum Gasteiger partial charge on any atom is 0.303 e. The molecule has 100 valence electrons. The number of carboxylic acids is 1. The molecule has 0 aliphatic heterocycles. The Morgan fingerprint density at radius 2 is 2.06 bits per heavy atom. The molecule has 1 aromatic carbocycles. The summed E-state index contributed by atoms with van der Waals surface area (Å²) < 4.78 is 13.3. The van der Waals surface area contributed by atoms with Gasteiger partial charge in [-0.05, 0) is 42.4 Å². The van der Waals surface area contributed by atoms with Gasteiger partial charge in [-0.1, -0.05) is 19.1 Å². The molecule has 0 aromatic heterocycles. The average Bonchev–Trinajstić information content (AvgIpc) is 3.17. The molecule has 0 radical (unpaired) electrons. The maximum atomic E-state index is 13.3.